The summed E-state index contributed by atoms with van der Waals surface area (Å²) < 4.78 is 1.42. The van der Waals surface area contributed by atoms with Gasteiger partial charge in [0, 0.05) is 17.1 Å². The number of anilines is 1. The van der Waals surface area contributed by atoms with Gasteiger partial charge in [-0.25, -0.2) is 4.98 Å². The monoisotopic (exact) mass is 321 g/mol. The molecule has 0 saturated carbocycles. The van der Waals surface area contributed by atoms with Crippen molar-refractivity contribution in [3.05, 3.63) is 76.2 Å². The second-order valence-corrected chi connectivity index (χ2v) is 5.92. The molecule has 0 aliphatic heterocycles. The zero-order valence-corrected chi connectivity index (χ0v) is 12.7. The predicted molar refractivity (Wildman–Crippen MR) is 91.2 cm³/mol. The number of nitrogens with one attached hydrogen (secondary N) is 1. The third-order valence-electron chi connectivity index (χ3n) is 3.60. The first-order valence-corrected chi connectivity index (χ1v) is 7.85. The summed E-state index contributed by atoms with van der Waals surface area (Å²) in [4.78, 5) is 29.4. The Labute approximate surface area is 134 Å². The third-order valence-corrected chi connectivity index (χ3v) is 4.37. The van der Waals surface area contributed by atoms with Crippen molar-refractivity contribution < 1.29 is 4.79 Å². The van der Waals surface area contributed by atoms with E-state index >= 15 is 0 Å². The fraction of sp³-hybridized carbons (Fsp3) is 0. The summed E-state index contributed by atoms with van der Waals surface area (Å²) in [6.07, 6.45) is 3.04. The van der Waals surface area contributed by atoms with Crippen molar-refractivity contribution in [1.29, 1.82) is 0 Å². The lowest BCUT2D eigenvalue weighted by Gasteiger charge is -2.06. The van der Waals surface area contributed by atoms with Crippen LogP contribution in [-0.4, -0.2) is 15.3 Å². The molecule has 0 bridgehead atoms. The van der Waals surface area contributed by atoms with Gasteiger partial charge >= 0.3 is 0 Å². The van der Waals surface area contributed by atoms with Gasteiger partial charge in [0.2, 0.25) is 0 Å². The van der Waals surface area contributed by atoms with E-state index in [-0.39, 0.29) is 17.2 Å². The molecular formula is C17H11N3O2S. The largest absolute Gasteiger partial charge is 0.316 e. The molecule has 0 aliphatic rings. The molecule has 2 aromatic heterocycles. The number of hydrogen-bond acceptors (Lipinski definition) is 4. The highest BCUT2D eigenvalue weighted by Crippen LogP contribution is 2.16. The molecule has 2 heterocycles. The maximum absolute atomic E-state index is 12.4. The molecule has 0 spiro atoms. The molecular weight excluding hydrogens is 310 g/mol. The van der Waals surface area contributed by atoms with Crippen LogP contribution in [0, 0.1) is 0 Å². The highest BCUT2D eigenvalue weighted by molar-refractivity contribution is 7.15. The van der Waals surface area contributed by atoms with E-state index in [1.807, 2.05) is 30.3 Å². The van der Waals surface area contributed by atoms with E-state index in [1.165, 1.54) is 21.9 Å². The number of fused-ring (bicyclic) bond motifs is 2. The Hall–Kier alpha value is -2.99. The van der Waals surface area contributed by atoms with Crippen molar-refractivity contribution in [3.8, 4) is 0 Å². The van der Waals surface area contributed by atoms with Crippen molar-refractivity contribution in [1.82, 2.24) is 9.38 Å². The fourth-order valence-electron chi connectivity index (χ4n) is 2.44. The highest BCUT2D eigenvalue weighted by atomic mass is 32.1. The normalized spacial score (nSPS) is 11.0. The van der Waals surface area contributed by atoms with E-state index in [4.69, 9.17) is 0 Å². The Morgan fingerprint density at radius 1 is 1.13 bits per heavy atom. The van der Waals surface area contributed by atoms with Crippen molar-refractivity contribution in [2.24, 2.45) is 0 Å². The zero-order chi connectivity index (χ0) is 15.8. The van der Waals surface area contributed by atoms with E-state index in [1.54, 1.807) is 23.7 Å². The number of rotatable bonds is 2. The van der Waals surface area contributed by atoms with Crippen LogP contribution in [0.15, 0.2) is 65.0 Å². The van der Waals surface area contributed by atoms with Crippen LogP contribution in [0.1, 0.15) is 10.4 Å². The summed E-state index contributed by atoms with van der Waals surface area (Å²) in [5, 5.41) is 6.46. The molecule has 0 fully saturated rings. The first kappa shape index (κ1) is 13.7. The lowest BCUT2D eigenvalue weighted by atomic mass is 10.1. The summed E-state index contributed by atoms with van der Waals surface area (Å²) in [6, 6.07) is 13.2. The van der Waals surface area contributed by atoms with Gasteiger partial charge in [0.15, 0.2) is 4.96 Å². The maximum atomic E-state index is 12.4. The van der Waals surface area contributed by atoms with Gasteiger partial charge in [-0.3, -0.25) is 14.0 Å². The Balaban J connectivity index is 1.70. The minimum atomic E-state index is -0.329. The molecule has 6 heteroatoms. The maximum Gasteiger partial charge on any atom is 0.282 e. The van der Waals surface area contributed by atoms with Gasteiger partial charge in [-0.05, 0) is 22.9 Å². The summed E-state index contributed by atoms with van der Waals surface area (Å²) >= 11 is 1.37. The predicted octanol–water partition coefficient (Wildman–Crippen LogP) is 3.16. The van der Waals surface area contributed by atoms with Gasteiger partial charge in [0.1, 0.15) is 5.69 Å². The zero-order valence-electron chi connectivity index (χ0n) is 11.9. The summed E-state index contributed by atoms with van der Waals surface area (Å²) in [5.41, 5.74) is 0.378. The number of nitrogens with zero attached hydrogens (tertiary/aromatic N) is 2. The molecule has 4 aromatic rings. The molecule has 1 amide bonds. The van der Waals surface area contributed by atoms with Crippen molar-refractivity contribution in [2.45, 2.75) is 0 Å². The number of thiazole rings is 1. The molecule has 0 atom stereocenters. The molecule has 4 rings (SSSR count). The number of hydrogen-bond donors (Lipinski definition) is 1. The second-order valence-electron chi connectivity index (χ2n) is 5.05. The summed E-state index contributed by atoms with van der Waals surface area (Å²) in [6.45, 7) is 0. The standard InChI is InChI=1S/C17H11N3O2S/c21-15(13-6-5-11-3-1-2-4-12(11)9-13)19-14-10-18-17-20(16(14)22)7-8-23-17/h1-10H,(H,19,21). The van der Waals surface area contributed by atoms with Crippen LogP contribution in [0.3, 0.4) is 0 Å². The average Bonchev–Trinajstić information content (AvgIpc) is 3.06. The van der Waals surface area contributed by atoms with Gasteiger partial charge < -0.3 is 5.32 Å². The molecule has 0 radical (unpaired) electrons. The van der Waals surface area contributed by atoms with Crippen LogP contribution in [0.5, 0.6) is 0 Å². The minimum Gasteiger partial charge on any atom is -0.316 e. The Bertz CT molecular complexity index is 1100. The number of benzene rings is 2. The van der Waals surface area contributed by atoms with Crippen LogP contribution < -0.4 is 10.9 Å². The lowest BCUT2D eigenvalue weighted by Crippen LogP contribution is -2.22. The van der Waals surface area contributed by atoms with Crippen LogP contribution in [0.2, 0.25) is 0 Å². The SMILES string of the molecule is O=C(Nc1cnc2sccn2c1=O)c1ccc2ccccc2c1. The molecule has 0 unspecified atom stereocenters. The fourth-order valence-corrected chi connectivity index (χ4v) is 3.11. The lowest BCUT2D eigenvalue weighted by molar-refractivity contribution is 0.102. The number of carbonyl (C=O) groups is 1. The summed E-state index contributed by atoms with van der Waals surface area (Å²) in [7, 11) is 0. The van der Waals surface area contributed by atoms with Crippen LogP contribution in [-0.2, 0) is 0 Å². The van der Waals surface area contributed by atoms with E-state index in [0.29, 0.717) is 10.5 Å². The molecule has 1 N–H and O–H groups in total. The third kappa shape index (κ3) is 2.39. The van der Waals surface area contributed by atoms with Gasteiger partial charge in [-0.1, -0.05) is 30.3 Å². The number of amides is 1. The smallest absolute Gasteiger partial charge is 0.282 e. The van der Waals surface area contributed by atoms with E-state index in [0.717, 1.165) is 10.8 Å². The van der Waals surface area contributed by atoms with Crippen molar-refractivity contribution in [3.63, 3.8) is 0 Å². The van der Waals surface area contributed by atoms with Crippen LogP contribution in [0.25, 0.3) is 15.7 Å². The van der Waals surface area contributed by atoms with Gasteiger partial charge in [-0.15, -0.1) is 11.3 Å². The molecule has 5 nitrogen and oxygen atoms in total. The first-order valence-electron chi connectivity index (χ1n) is 6.97. The first-order chi connectivity index (χ1) is 11.2. The summed E-state index contributed by atoms with van der Waals surface area (Å²) in [5.74, 6) is -0.329. The molecule has 112 valence electrons. The molecule has 2 aromatic carbocycles. The average molecular weight is 321 g/mol. The number of carbonyl (C=O) groups excluding carboxylic acids is 1. The van der Waals surface area contributed by atoms with Gasteiger partial charge in [-0.2, -0.15) is 0 Å². The van der Waals surface area contributed by atoms with E-state index in [2.05, 4.69) is 10.3 Å². The Kier molecular flexibility index (Phi) is 3.17. The minimum absolute atomic E-state index is 0.166. The van der Waals surface area contributed by atoms with Crippen molar-refractivity contribution in [2.75, 3.05) is 5.32 Å². The highest BCUT2D eigenvalue weighted by Gasteiger charge is 2.11. The van der Waals surface area contributed by atoms with Crippen LogP contribution >= 0.6 is 11.3 Å². The van der Waals surface area contributed by atoms with Crippen molar-refractivity contribution >= 4 is 38.7 Å². The van der Waals surface area contributed by atoms with Gasteiger partial charge in [0.25, 0.3) is 11.5 Å². The second kappa shape index (κ2) is 5.33. The Morgan fingerprint density at radius 3 is 2.83 bits per heavy atom. The van der Waals surface area contributed by atoms with Gasteiger partial charge in [0.05, 0.1) is 6.20 Å². The van der Waals surface area contributed by atoms with E-state index < -0.39 is 0 Å². The molecule has 23 heavy (non-hydrogen) atoms. The van der Waals surface area contributed by atoms with E-state index in [9.17, 15) is 9.59 Å². The molecule has 0 aliphatic carbocycles. The number of aromatic nitrogens is 2. The Morgan fingerprint density at radius 2 is 1.96 bits per heavy atom. The molecule has 0 saturated heterocycles. The quantitative estimate of drug-likeness (QED) is 0.617. The van der Waals surface area contributed by atoms with Crippen LogP contribution in [0.4, 0.5) is 5.69 Å². The topological polar surface area (TPSA) is 63.5 Å².